The molecular weight excluding hydrogens is 552 g/mol. The van der Waals surface area contributed by atoms with Crippen LogP contribution < -0.4 is 0 Å². The summed E-state index contributed by atoms with van der Waals surface area (Å²) in [4.78, 5) is 14.6. The molecule has 0 bridgehead atoms. The van der Waals surface area contributed by atoms with E-state index < -0.39 is 53.2 Å². The minimum Gasteiger partial charge on any atom is -0.364 e. The summed E-state index contributed by atoms with van der Waals surface area (Å²) < 4.78 is 102. The molecule has 1 aromatic heterocycles. The van der Waals surface area contributed by atoms with Gasteiger partial charge < -0.3 is 14.2 Å². The third-order valence-corrected chi connectivity index (χ3v) is 7.75. The van der Waals surface area contributed by atoms with E-state index in [1.54, 1.807) is 9.47 Å². The lowest BCUT2D eigenvalue weighted by atomic mass is 9.82. The van der Waals surface area contributed by atoms with Crippen molar-refractivity contribution in [2.24, 2.45) is 0 Å². The molecule has 2 aliphatic heterocycles. The third kappa shape index (κ3) is 5.51. The minimum atomic E-state index is -5.01. The van der Waals surface area contributed by atoms with Crippen LogP contribution in [0.15, 0.2) is 55.1 Å². The Balaban J connectivity index is 1.53. The van der Waals surface area contributed by atoms with E-state index in [1.165, 1.54) is 36.9 Å². The van der Waals surface area contributed by atoms with Gasteiger partial charge in [-0.25, -0.2) is 4.39 Å². The maximum Gasteiger partial charge on any atom is 0.416 e. The Hall–Kier alpha value is -3.05. The number of alkyl halides is 6. The molecule has 39 heavy (non-hydrogen) atoms. The molecule has 0 aliphatic carbocycles. The SMILES string of the molecule is O=C1CCC(n2cnnc2)C2C(c3ccc(F)cc3)[C@@H](O[C@H](P)c3cc(C(F)(F)F)cc(C(F)(F)F)c3)CN12. The molecule has 3 aromatic rings. The lowest BCUT2D eigenvalue weighted by Crippen LogP contribution is -2.47. The number of carbonyl (C=O) groups is 1. The van der Waals surface area contributed by atoms with Crippen LogP contribution in [0.25, 0.3) is 0 Å². The van der Waals surface area contributed by atoms with Crippen LogP contribution in [-0.4, -0.2) is 44.3 Å². The summed E-state index contributed by atoms with van der Waals surface area (Å²) in [6.45, 7) is 0.0418. The number of ether oxygens (including phenoxy) is 1. The number of fused-ring (bicyclic) bond motifs is 1. The van der Waals surface area contributed by atoms with E-state index >= 15 is 0 Å². The fourth-order valence-electron chi connectivity index (χ4n) is 5.48. The van der Waals surface area contributed by atoms with E-state index in [0.29, 0.717) is 24.1 Å². The second-order valence-electron chi connectivity index (χ2n) is 9.56. The van der Waals surface area contributed by atoms with Gasteiger partial charge in [0.05, 0.1) is 35.2 Å². The first-order valence-corrected chi connectivity index (χ1v) is 12.6. The number of hydrogen-bond donors (Lipinski definition) is 0. The van der Waals surface area contributed by atoms with Crippen molar-refractivity contribution in [1.29, 1.82) is 0 Å². The van der Waals surface area contributed by atoms with E-state index in [-0.39, 0.29) is 36.5 Å². The molecule has 6 nitrogen and oxygen atoms in total. The van der Waals surface area contributed by atoms with Crippen LogP contribution in [0.3, 0.4) is 0 Å². The molecule has 0 saturated carbocycles. The van der Waals surface area contributed by atoms with Gasteiger partial charge in [0.15, 0.2) is 0 Å². The Kier molecular flexibility index (Phi) is 7.17. The first-order chi connectivity index (χ1) is 18.3. The Morgan fingerprint density at radius 1 is 0.949 bits per heavy atom. The highest BCUT2D eigenvalue weighted by Crippen LogP contribution is 2.47. The van der Waals surface area contributed by atoms with Gasteiger partial charge in [0.1, 0.15) is 18.5 Å². The van der Waals surface area contributed by atoms with Crippen LogP contribution >= 0.6 is 9.24 Å². The van der Waals surface area contributed by atoms with Gasteiger partial charge in [-0.15, -0.1) is 19.4 Å². The average molecular weight is 574 g/mol. The van der Waals surface area contributed by atoms with Crippen molar-refractivity contribution < 1.29 is 40.3 Å². The molecule has 6 atom stereocenters. The molecule has 2 fully saturated rings. The average Bonchev–Trinajstić information content (AvgIpc) is 3.53. The molecule has 1 amide bonds. The predicted octanol–water partition coefficient (Wildman–Crippen LogP) is 5.74. The zero-order valence-corrected chi connectivity index (χ0v) is 21.2. The zero-order chi connectivity index (χ0) is 28.1. The van der Waals surface area contributed by atoms with Gasteiger partial charge in [0, 0.05) is 18.9 Å². The Bertz CT molecular complexity index is 1300. The van der Waals surface area contributed by atoms with Gasteiger partial charge in [-0.05, 0) is 47.9 Å². The summed E-state index contributed by atoms with van der Waals surface area (Å²) in [6, 6.07) is 6.07. The second kappa shape index (κ2) is 10.2. The maximum atomic E-state index is 13.8. The fourth-order valence-corrected chi connectivity index (χ4v) is 5.88. The number of aromatic nitrogens is 3. The summed E-state index contributed by atoms with van der Waals surface area (Å²) in [6.07, 6.45) is -7.16. The summed E-state index contributed by atoms with van der Waals surface area (Å²) in [7, 11) is 2.15. The van der Waals surface area contributed by atoms with E-state index in [1.807, 2.05) is 0 Å². The Morgan fingerprint density at radius 3 is 2.10 bits per heavy atom. The van der Waals surface area contributed by atoms with Crippen LogP contribution in [0, 0.1) is 5.82 Å². The summed E-state index contributed by atoms with van der Waals surface area (Å²) >= 11 is 0. The number of carbonyl (C=O) groups excluding carboxylic acids is 1. The molecular formula is C25H22F7N4O2P. The normalized spacial score (nSPS) is 24.6. The van der Waals surface area contributed by atoms with Gasteiger partial charge in [0.2, 0.25) is 5.91 Å². The number of rotatable bonds is 5. The number of amides is 1. The standard InChI is InChI=1S/C25H22F7N4O2P/c26-17-3-1-13(2-4-17)21-19(10-36-20(37)6-5-18(22(21)36)35-11-33-34-12-35)38-23(39)14-7-15(24(27,28)29)9-16(8-14)25(30,31)32/h1-4,7-9,11-12,18-19,21-23H,5-6,10,39H2/t18?,19-,21?,22?,23+/m0/s1. The second-order valence-corrected chi connectivity index (χ2v) is 10.2. The highest BCUT2D eigenvalue weighted by atomic mass is 31.0. The molecule has 0 spiro atoms. The number of hydrogen-bond acceptors (Lipinski definition) is 4. The van der Waals surface area contributed by atoms with Crippen molar-refractivity contribution in [3.8, 4) is 0 Å². The van der Waals surface area contributed by atoms with Gasteiger partial charge in [-0.1, -0.05) is 12.1 Å². The van der Waals surface area contributed by atoms with E-state index in [2.05, 4.69) is 19.4 Å². The van der Waals surface area contributed by atoms with Crippen molar-refractivity contribution in [1.82, 2.24) is 19.7 Å². The van der Waals surface area contributed by atoms with Crippen LogP contribution in [-0.2, 0) is 21.9 Å². The Morgan fingerprint density at radius 2 is 1.54 bits per heavy atom. The molecule has 4 unspecified atom stereocenters. The van der Waals surface area contributed by atoms with Gasteiger partial charge in [-0.2, -0.15) is 26.3 Å². The van der Waals surface area contributed by atoms with Crippen molar-refractivity contribution >= 4 is 15.1 Å². The van der Waals surface area contributed by atoms with E-state index in [0.717, 1.165) is 0 Å². The Labute approximate surface area is 220 Å². The van der Waals surface area contributed by atoms with E-state index in [4.69, 9.17) is 4.74 Å². The predicted molar refractivity (Wildman–Crippen MR) is 127 cm³/mol. The molecule has 0 radical (unpaired) electrons. The minimum absolute atomic E-state index is 0.0418. The monoisotopic (exact) mass is 574 g/mol. The quantitative estimate of drug-likeness (QED) is 0.288. The van der Waals surface area contributed by atoms with Gasteiger partial charge in [-0.3, -0.25) is 4.79 Å². The van der Waals surface area contributed by atoms with Crippen molar-refractivity contribution in [2.45, 2.75) is 55.1 Å². The summed E-state index contributed by atoms with van der Waals surface area (Å²) in [5.41, 5.74) is -2.64. The van der Waals surface area contributed by atoms with Gasteiger partial charge in [0.25, 0.3) is 0 Å². The summed E-state index contributed by atoms with van der Waals surface area (Å²) in [5.74, 6) is -2.50. The van der Waals surface area contributed by atoms with Crippen molar-refractivity contribution in [3.63, 3.8) is 0 Å². The highest BCUT2D eigenvalue weighted by molar-refractivity contribution is 7.16. The lowest BCUT2D eigenvalue weighted by molar-refractivity contribution is -0.143. The number of piperidine rings is 1. The van der Waals surface area contributed by atoms with Gasteiger partial charge >= 0.3 is 12.4 Å². The first-order valence-electron chi connectivity index (χ1n) is 11.9. The highest BCUT2D eigenvalue weighted by Gasteiger charge is 2.52. The summed E-state index contributed by atoms with van der Waals surface area (Å²) in [5, 5.41) is 7.69. The number of nitrogens with zero attached hydrogens (tertiary/aromatic N) is 4. The fraction of sp³-hybridized carbons (Fsp3) is 0.400. The molecule has 14 heteroatoms. The van der Waals surface area contributed by atoms with E-state index in [9.17, 15) is 35.5 Å². The smallest absolute Gasteiger partial charge is 0.364 e. The number of benzene rings is 2. The lowest BCUT2D eigenvalue weighted by Gasteiger charge is -2.39. The first kappa shape index (κ1) is 27.5. The van der Waals surface area contributed by atoms with Crippen LogP contribution in [0.4, 0.5) is 30.7 Å². The molecule has 2 aromatic carbocycles. The van der Waals surface area contributed by atoms with Crippen LogP contribution in [0.2, 0.25) is 0 Å². The molecule has 208 valence electrons. The molecule has 5 rings (SSSR count). The zero-order valence-electron chi connectivity index (χ0n) is 20.0. The van der Waals surface area contributed by atoms with Crippen LogP contribution in [0.5, 0.6) is 0 Å². The molecule has 2 saturated heterocycles. The molecule has 2 aliphatic rings. The topological polar surface area (TPSA) is 60.3 Å². The molecule has 0 N–H and O–H groups in total. The molecule has 3 heterocycles. The largest absolute Gasteiger partial charge is 0.416 e. The third-order valence-electron chi connectivity index (χ3n) is 7.21. The van der Waals surface area contributed by atoms with Crippen molar-refractivity contribution in [2.75, 3.05) is 6.54 Å². The maximum absolute atomic E-state index is 13.8. The number of halogens is 7. The van der Waals surface area contributed by atoms with Crippen LogP contribution in [0.1, 0.15) is 52.9 Å². The van der Waals surface area contributed by atoms with Crippen molar-refractivity contribution in [3.05, 3.63) is 83.2 Å².